The first kappa shape index (κ1) is 27.9. The third kappa shape index (κ3) is 7.66. The Morgan fingerprint density at radius 1 is 0.947 bits per heavy atom. The van der Waals surface area contributed by atoms with Crippen molar-refractivity contribution in [1.82, 2.24) is 24.8 Å². The van der Waals surface area contributed by atoms with Crippen LogP contribution in [0.3, 0.4) is 0 Å². The number of aromatic nitrogens is 4. The van der Waals surface area contributed by atoms with Crippen LogP contribution in [0.2, 0.25) is 0 Å². The molecule has 38 heavy (non-hydrogen) atoms. The highest BCUT2D eigenvalue weighted by Crippen LogP contribution is 2.20. The normalized spacial score (nSPS) is 10.6. The van der Waals surface area contributed by atoms with E-state index < -0.39 is 5.97 Å². The molecule has 200 valence electrons. The molecule has 0 aliphatic heterocycles. The molecular weight excluding hydrogens is 484 g/mol. The number of nitrogens with one attached hydrogen (secondary N) is 1. The summed E-state index contributed by atoms with van der Waals surface area (Å²) in [7, 11) is 0. The number of aromatic carboxylic acids is 1. The Labute approximate surface area is 221 Å². The predicted octanol–water partition coefficient (Wildman–Crippen LogP) is 3.51. The van der Waals surface area contributed by atoms with Gasteiger partial charge in [0.15, 0.2) is 17.0 Å². The number of carbonyl (C=O) groups is 2. The zero-order valence-corrected chi connectivity index (χ0v) is 21.4. The van der Waals surface area contributed by atoms with Crippen molar-refractivity contribution in [3.05, 3.63) is 71.8 Å². The lowest BCUT2D eigenvalue weighted by molar-refractivity contribution is 0.0696. The fourth-order valence-electron chi connectivity index (χ4n) is 3.81. The molecule has 4 rings (SSSR count). The number of fused-ring (bicyclic) bond motifs is 1. The fourth-order valence-corrected chi connectivity index (χ4v) is 3.81. The summed E-state index contributed by atoms with van der Waals surface area (Å²) in [6, 6.07) is 13.1. The maximum absolute atomic E-state index is 12.2. The molecule has 0 unspecified atom stereocenters. The highest BCUT2D eigenvalue weighted by atomic mass is 16.4. The molecule has 0 radical (unpaired) electrons. The zero-order chi connectivity index (χ0) is 27.5. The van der Waals surface area contributed by atoms with Gasteiger partial charge in [-0.3, -0.25) is 4.79 Å². The van der Waals surface area contributed by atoms with Gasteiger partial charge in [0.25, 0.3) is 5.91 Å². The van der Waals surface area contributed by atoms with Gasteiger partial charge in [0.05, 0.1) is 5.56 Å². The fraction of sp³-hybridized carbons (Fsp3) is 0.296. The number of rotatable bonds is 10. The van der Waals surface area contributed by atoms with E-state index >= 15 is 0 Å². The van der Waals surface area contributed by atoms with Gasteiger partial charge < -0.3 is 32.2 Å². The van der Waals surface area contributed by atoms with E-state index in [0.717, 1.165) is 50.1 Å². The number of aryl methyl sites for hydroxylation is 2. The van der Waals surface area contributed by atoms with E-state index in [-0.39, 0.29) is 11.5 Å². The number of nitrogen functional groups attached to an aromatic ring is 3. The highest BCUT2D eigenvalue weighted by molar-refractivity contribution is 5.95. The standard InChI is InChI=1S/C20H27N7O.C7H7NO2/c1-2-3-9-16-26-17-18(22)24-13-25-19(17)27(16)11-5-4-10-23-20(28)14-7-6-8-15(21)12-14;8-6-3-1-2-5(4-6)7(9)10/h6-8,12-13H,2-5,9-11,21H2,1H3,(H,23,28)(H2,22,24,25);1-4H,8H2,(H,9,10). The van der Waals surface area contributed by atoms with Gasteiger partial charge >= 0.3 is 5.97 Å². The quantitative estimate of drug-likeness (QED) is 0.154. The summed E-state index contributed by atoms with van der Waals surface area (Å²) >= 11 is 0. The van der Waals surface area contributed by atoms with Crippen LogP contribution >= 0.6 is 0 Å². The number of amides is 1. The third-order valence-corrected chi connectivity index (χ3v) is 5.77. The van der Waals surface area contributed by atoms with E-state index in [1.54, 1.807) is 36.4 Å². The summed E-state index contributed by atoms with van der Waals surface area (Å²) in [5, 5.41) is 11.4. The van der Waals surface area contributed by atoms with Crippen molar-refractivity contribution in [2.24, 2.45) is 0 Å². The van der Waals surface area contributed by atoms with Crippen molar-refractivity contribution in [2.75, 3.05) is 23.7 Å². The second kappa shape index (κ2) is 13.6. The Morgan fingerprint density at radius 3 is 2.26 bits per heavy atom. The van der Waals surface area contributed by atoms with Crippen molar-refractivity contribution in [3.8, 4) is 0 Å². The van der Waals surface area contributed by atoms with Crippen LogP contribution in [-0.4, -0.2) is 43.0 Å². The lowest BCUT2D eigenvalue weighted by Crippen LogP contribution is -2.24. The van der Waals surface area contributed by atoms with Gasteiger partial charge in [-0.25, -0.2) is 19.7 Å². The molecule has 2 aromatic heterocycles. The van der Waals surface area contributed by atoms with Crippen LogP contribution in [0.25, 0.3) is 11.2 Å². The number of carboxylic acid groups (broad SMARTS) is 1. The number of unbranched alkanes of at least 4 members (excludes halogenated alkanes) is 2. The molecule has 2 heterocycles. The van der Waals surface area contributed by atoms with Crippen molar-refractivity contribution in [3.63, 3.8) is 0 Å². The molecular formula is C27H34N8O3. The van der Waals surface area contributed by atoms with Crippen molar-refractivity contribution in [1.29, 1.82) is 0 Å². The number of hydrogen-bond acceptors (Lipinski definition) is 8. The van der Waals surface area contributed by atoms with Crippen LogP contribution in [0.5, 0.6) is 0 Å². The van der Waals surface area contributed by atoms with Crippen LogP contribution in [0.1, 0.15) is 59.1 Å². The maximum Gasteiger partial charge on any atom is 0.335 e. The summed E-state index contributed by atoms with van der Waals surface area (Å²) in [5.74, 6) is 0.348. The minimum Gasteiger partial charge on any atom is -0.478 e. The minimum atomic E-state index is -0.952. The van der Waals surface area contributed by atoms with Gasteiger partial charge in [0.2, 0.25) is 0 Å². The number of carbonyl (C=O) groups excluding carboxylic acids is 1. The van der Waals surface area contributed by atoms with Gasteiger partial charge in [0, 0.05) is 36.4 Å². The monoisotopic (exact) mass is 518 g/mol. The third-order valence-electron chi connectivity index (χ3n) is 5.77. The van der Waals surface area contributed by atoms with Crippen molar-refractivity contribution in [2.45, 2.75) is 45.6 Å². The number of nitrogens with zero attached hydrogens (tertiary/aromatic N) is 4. The van der Waals surface area contributed by atoms with Crippen LogP contribution in [0.4, 0.5) is 17.2 Å². The van der Waals surface area contributed by atoms with Crippen LogP contribution < -0.4 is 22.5 Å². The summed E-state index contributed by atoms with van der Waals surface area (Å²) in [4.78, 5) is 35.5. The molecule has 11 heteroatoms. The molecule has 0 aliphatic rings. The summed E-state index contributed by atoms with van der Waals surface area (Å²) in [5.41, 5.74) is 20.3. The first-order valence-electron chi connectivity index (χ1n) is 12.5. The Balaban J connectivity index is 0.000000336. The average Bonchev–Trinajstić information content (AvgIpc) is 3.26. The maximum atomic E-state index is 12.2. The van der Waals surface area contributed by atoms with E-state index in [2.05, 4.69) is 31.8 Å². The molecule has 4 aromatic rings. The molecule has 0 spiro atoms. The van der Waals surface area contributed by atoms with Crippen molar-refractivity contribution < 1.29 is 14.7 Å². The number of benzene rings is 2. The molecule has 8 N–H and O–H groups in total. The minimum absolute atomic E-state index is 0.107. The molecule has 0 atom stereocenters. The second-order valence-corrected chi connectivity index (χ2v) is 8.73. The molecule has 0 aliphatic carbocycles. The predicted molar refractivity (Wildman–Crippen MR) is 149 cm³/mol. The van der Waals surface area contributed by atoms with Gasteiger partial charge in [-0.15, -0.1) is 0 Å². The Hall–Kier alpha value is -4.67. The smallest absolute Gasteiger partial charge is 0.335 e. The van der Waals surface area contributed by atoms with Crippen LogP contribution in [0.15, 0.2) is 54.9 Å². The molecule has 0 fully saturated rings. The summed E-state index contributed by atoms with van der Waals surface area (Å²) in [6.45, 7) is 3.53. The number of hydrogen-bond donors (Lipinski definition) is 5. The largest absolute Gasteiger partial charge is 0.478 e. The molecule has 2 aromatic carbocycles. The first-order valence-corrected chi connectivity index (χ1v) is 12.5. The summed E-state index contributed by atoms with van der Waals surface area (Å²) in [6.07, 6.45) is 6.27. The number of carboxylic acids is 1. The SMILES string of the molecule is CCCCc1nc2c(N)ncnc2n1CCCCNC(=O)c1cccc(N)c1.Nc1cccc(C(=O)O)c1. The average molecular weight is 519 g/mol. The van der Waals surface area contributed by atoms with E-state index in [0.29, 0.717) is 34.8 Å². The van der Waals surface area contributed by atoms with E-state index in [1.165, 1.54) is 18.5 Å². The van der Waals surface area contributed by atoms with E-state index in [1.807, 2.05) is 0 Å². The molecule has 1 amide bonds. The van der Waals surface area contributed by atoms with Gasteiger partial charge in [0.1, 0.15) is 12.2 Å². The lowest BCUT2D eigenvalue weighted by Gasteiger charge is -2.09. The number of imidazole rings is 1. The highest BCUT2D eigenvalue weighted by Gasteiger charge is 2.14. The Bertz CT molecular complexity index is 1390. The molecule has 0 saturated heterocycles. The van der Waals surface area contributed by atoms with Gasteiger partial charge in [-0.1, -0.05) is 25.5 Å². The summed E-state index contributed by atoms with van der Waals surface area (Å²) < 4.78 is 2.13. The topological polar surface area (TPSA) is 188 Å². The van der Waals surface area contributed by atoms with Gasteiger partial charge in [-0.05, 0) is 55.7 Å². The van der Waals surface area contributed by atoms with E-state index in [9.17, 15) is 9.59 Å². The molecule has 11 nitrogen and oxygen atoms in total. The lowest BCUT2D eigenvalue weighted by atomic mass is 10.2. The van der Waals surface area contributed by atoms with Crippen LogP contribution in [-0.2, 0) is 13.0 Å². The van der Waals surface area contributed by atoms with Crippen molar-refractivity contribution >= 4 is 40.2 Å². The first-order chi connectivity index (χ1) is 18.3. The second-order valence-electron chi connectivity index (χ2n) is 8.73. The van der Waals surface area contributed by atoms with Crippen LogP contribution in [0, 0.1) is 0 Å². The molecule has 0 saturated carbocycles. The zero-order valence-electron chi connectivity index (χ0n) is 21.4. The number of nitrogens with two attached hydrogens (primary N) is 3. The Kier molecular flexibility index (Phi) is 9.98. The van der Waals surface area contributed by atoms with Gasteiger partial charge in [-0.2, -0.15) is 0 Å². The molecule has 0 bridgehead atoms. The Morgan fingerprint density at radius 2 is 1.63 bits per heavy atom. The van der Waals surface area contributed by atoms with E-state index in [4.69, 9.17) is 22.3 Å². The number of anilines is 3.